The van der Waals surface area contributed by atoms with Gasteiger partial charge in [-0.3, -0.25) is 14.9 Å². The van der Waals surface area contributed by atoms with E-state index in [9.17, 15) is 14.9 Å². The second-order valence-corrected chi connectivity index (χ2v) is 7.35. The molecule has 1 aliphatic heterocycles. The van der Waals surface area contributed by atoms with Crippen LogP contribution < -0.4 is 15.1 Å². The van der Waals surface area contributed by atoms with Crippen molar-refractivity contribution in [3.8, 4) is 0 Å². The molecule has 1 aliphatic rings. The fourth-order valence-corrected chi connectivity index (χ4v) is 3.71. The second kappa shape index (κ2) is 8.39. The van der Waals surface area contributed by atoms with Crippen molar-refractivity contribution in [2.24, 2.45) is 0 Å². The summed E-state index contributed by atoms with van der Waals surface area (Å²) in [6.45, 7) is 9.60. The molecule has 0 saturated carbocycles. The first-order chi connectivity index (χ1) is 13.4. The Labute approximate surface area is 165 Å². The van der Waals surface area contributed by atoms with E-state index in [1.165, 1.54) is 27.8 Å². The zero-order chi connectivity index (χ0) is 20.3. The average molecular weight is 383 g/mol. The van der Waals surface area contributed by atoms with E-state index < -0.39 is 4.92 Å². The monoisotopic (exact) mass is 383 g/mol. The zero-order valence-corrected chi connectivity index (χ0v) is 16.6. The Hall–Kier alpha value is -2.93. The maximum absolute atomic E-state index is 12.7. The molecular formula is C21H27N4O3+. The molecule has 0 radical (unpaired) electrons. The van der Waals surface area contributed by atoms with Crippen LogP contribution >= 0.6 is 0 Å². The molecule has 3 rings (SSSR count). The van der Waals surface area contributed by atoms with E-state index >= 15 is 0 Å². The Kier molecular flexibility index (Phi) is 5.94. The summed E-state index contributed by atoms with van der Waals surface area (Å²) in [5.74, 6) is -0.190. The third-order valence-electron chi connectivity index (χ3n) is 5.69. The Morgan fingerprint density at radius 3 is 2.50 bits per heavy atom. The number of piperazine rings is 1. The van der Waals surface area contributed by atoms with Crippen molar-refractivity contribution >= 4 is 23.0 Å². The van der Waals surface area contributed by atoms with Gasteiger partial charge in [-0.2, -0.15) is 0 Å². The summed E-state index contributed by atoms with van der Waals surface area (Å²) < 4.78 is 0. The van der Waals surface area contributed by atoms with E-state index in [1.807, 2.05) is 6.92 Å². The van der Waals surface area contributed by atoms with Crippen LogP contribution in [0.4, 0.5) is 17.1 Å². The van der Waals surface area contributed by atoms with E-state index in [2.05, 4.69) is 42.3 Å². The topological polar surface area (TPSA) is 79.9 Å². The fraction of sp³-hybridized carbons (Fsp3) is 0.381. The van der Waals surface area contributed by atoms with Gasteiger partial charge in [0.2, 0.25) is 0 Å². The van der Waals surface area contributed by atoms with Crippen LogP contribution in [0.25, 0.3) is 0 Å². The smallest absolute Gasteiger partial charge is 0.292 e. The van der Waals surface area contributed by atoms with Gasteiger partial charge in [-0.25, -0.2) is 0 Å². The molecule has 2 aromatic carbocycles. The molecular weight excluding hydrogens is 356 g/mol. The maximum atomic E-state index is 12.7. The molecule has 7 nitrogen and oxygen atoms in total. The lowest BCUT2D eigenvalue weighted by atomic mass is 10.1. The van der Waals surface area contributed by atoms with Crippen molar-refractivity contribution in [3.63, 3.8) is 0 Å². The Morgan fingerprint density at radius 1 is 1.14 bits per heavy atom. The maximum Gasteiger partial charge on any atom is 0.292 e. The highest BCUT2D eigenvalue weighted by Crippen LogP contribution is 2.24. The van der Waals surface area contributed by atoms with Gasteiger partial charge in [0.25, 0.3) is 11.6 Å². The minimum atomic E-state index is -0.476. The number of nitrogens with one attached hydrogen (secondary N) is 2. The molecule has 2 aromatic rings. The number of nitro groups is 1. The summed E-state index contributed by atoms with van der Waals surface area (Å²) in [6.07, 6.45) is 0. The minimum Gasteiger partial charge on any atom is -0.360 e. The number of hydrogen-bond donors (Lipinski definition) is 2. The fourth-order valence-electron chi connectivity index (χ4n) is 3.71. The quantitative estimate of drug-likeness (QED) is 0.611. The number of hydrogen-bond acceptors (Lipinski definition) is 4. The van der Waals surface area contributed by atoms with Crippen molar-refractivity contribution in [1.82, 2.24) is 0 Å². The molecule has 1 atom stereocenters. The lowest BCUT2D eigenvalue weighted by Gasteiger charge is -2.36. The molecule has 1 fully saturated rings. The van der Waals surface area contributed by atoms with Gasteiger partial charge < -0.3 is 15.1 Å². The molecule has 2 N–H and O–H groups in total. The number of quaternary nitrogens is 1. The highest BCUT2D eigenvalue weighted by atomic mass is 16.6. The third kappa shape index (κ3) is 4.14. The molecule has 1 amide bonds. The van der Waals surface area contributed by atoms with Gasteiger partial charge in [0.15, 0.2) is 6.04 Å². The second-order valence-electron chi connectivity index (χ2n) is 7.35. The van der Waals surface area contributed by atoms with Gasteiger partial charge in [0.1, 0.15) is 5.69 Å². The SMILES string of the molecule is Cc1cccc(N2CC[NH+]([C@@H](C)C(=O)Nc3ccccc3[N+](=O)[O-])CC2)c1C. The number of aryl methyl sites for hydroxylation is 1. The van der Waals surface area contributed by atoms with Gasteiger partial charge in [0.05, 0.1) is 31.1 Å². The summed E-state index contributed by atoms with van der Waals surface area (Å²) in [5, 5.41) is 13.9. The number of benzene rings is 2. The van der Waals surface area contributed by atoms with Crippen molar-refractivity contribution in [3.05, 3.63) is 63.7 Å². The molecule has 0 bridgehead atoms. The molecule has 148 valence electrons. The number of carbonyl (C=O) groups is 1. The first-order valence-corrected chi connectivity index (χ1v) is 9.58. The van der Waals surface area contributed by atoms with Crippen molar-refractivity contribution in [1.29, 1.82) is 0 Å². The standard InChI is InChI=1S/C21H26N4O3/c1-15-7-6-10-19(16(15)2)24-13-11-23(12-14-24)17(3)21(26)22-18-8-4-5-9-20(18)25(27)28/h4-10,17H,11-14H2,1-3H3,(H,22,26)/p+1/t17-/m0/s1. The van der Waals surface area contributed by atoms with E-state index in [1.54, 1.807) is 18.2 Å². The first kappa shape index (κ1) is 19.8. The zero-order valence-electron chi connectivity index (χ0n) is 16.6. The Balaban J connectivity index is 1.62. The molecule has 0 aromatic heterocycles. The number of amides is 1. The molecule has 1 heterocycles. The van der Waals surface area contributed by atoms with Crippen LogP contribution in [0.15, 0.2) is 42.5 Å². The van der Waals surface area contributed by atoms with Gasteiger partial charge in [-0.05, 0) is 44.0 Å². The average Bonchev–Trinajstić information content (AvgIpc) is 2.70. The summed E-state index contributed by atoms with van der Waals surface area (Å²) in [6, 6.07) is 12.3. The van der Waals surface area contributed by atoms with Crippen LogP contribution in [0, 0.1) is 24.0 Å². The van der Waals surface area contributed by atoms with Gasteiger partial charge >= 0.3 is 0 Å². The Bertz CT molecular complexity index is 876. The van der Waals surface area contributed by atoms with Crippen LogP contribution in [0.3, 0.4) is 0 Å². The van der Waals surface area contributed by atoms with Crippen LogP contribution in [0.2, 0.25) is 0 Å². The minimum absolute atomic E-state index is 0.0854. The predicted octanol–water partition coefficient (Wildman–Crippen LogP) is 1.94. The summed E-state index contributed by atoms with van der Waals surface area (Å²) >= 11 is 0. The van der Waals surface area contributed by atoms with E-state index in [-0.39, 0.29) is 23.3 Å². The van der Waals surface area contributed by atoms with Crippen LogP contribution in [0.1, 0.15) is 18.1 Å². The van der Waals surface area contributed by atoms with Crippen LogP contribution in [-0.2, 0) is 4.79 Å². The molecule has 0 spiro atoms. The first-order valence-electron chi connectivity index (χ1n) is 9.58. The molecule has 0 aliphatic carbocycles. The van der Waals surface area contributed by atoms with Crippen LogP contribution in [-0.4, -0.2) is 43.1 Å². The number of rotatable bonds is 5. The van der Waals surface area contributed by atoms with Crippen molar-refractivity contribution in [2.75, 3.05) is 36.4 Å². The molecule has 7 heteroatoms. The number of anilines is 2. The lowest BCUT2D eigenvalue weighted by molar-refractivity contribution is -0.914. The summed E-state index contributed by atoms with van der Waals surface area (Å²) in [7, 11) is 0. The van der Waals surface area contributed by atoms with Gasteiger partial charge in [-0.15, -0.1) is 0 Å². The molecule has 28 heavy (non-hydrogen) atoms. The lowest BCUT2D eigenvalue weighted by Crippen LogP contribution is -3.19. The predicted molar refractivity (Wildman–Crippen MR) is 110 cm³/mol. The van der Waals surface area contributed by atoms with Crippen LogP contribution in [0.5, 0.6) is 0 Å². The van der Waals surface area contributed by atoms with E-state index in [0.717, 1.165) is 26.2 Å². The van der Waals surface area contributed by atoms with Crippen molar-refractivity contribution < 1.29 is 14.6 Å². The largest absolute Gasteiger partial charge is 0.360 e. The van der Waals surface area contributed by atoms with Crippen molar-refractivity contribution in [2.45, 2.75) is 26.8 Å². The van der Waals surface area contributed by atoms with E-state index in [4.69, 9.17) is 0 Å². The van der Waals surface area contributed by atoms with Gasteiger partial charge in [-0.1, -0.05) is 24.3 Å². The normalized spacial score (nSPS) is 15.9. The van der Waals surface area contributed by atoms with E-state index in [0.29, 0.717) is 0 Å². The highest BCUT2D eigenvalue weighted by molar-refractivity contribution is 5.95. The molecule has 0 unspecified atom stereocenters. The third-order valence-corrected chi connectivity index (χ3v) is 5.69. The van der Waals surface area contributed by atoms with Gasteiger partial charge in [0, 0.05) is 11.8 Å². The molecule has 1 saturated heterocycles. The highest BCUT2D eigenvalue weighted by Gasteiger charge is 2.30. The summed E-state index contributed by atoms with van der Waals surface area (Å²) in [5.41, 5.74) is 4.00. The number of nitro benzene ring substituents is 1. The number of carbonyl (C=O) groups excluding carboxylic acids is 1. The number of para-hydroxylation sites is 2. The Morgan fingerprint density at radius 2 is 1.82 bits per heavy atom. The summed E-state index contributed by atoms with van der Waals surface area (Å²) in [4.78, 5) is 26.9. The number of nitrogens with zero attached hydrogens (tertiary/aromatic N) is 2.